The number of halogens is 1. The van der Waals surface area contributed by atoms with E-state index in [1.807, 2.05) is 24.3 Å². The van der Waals surface area contributed by atoms with E-state index < -0.39 is 0 Å². The Morgan fingerprint density at radius 1 is 1.35 bits per heavy atom. The number of likely N-dealkylation sites (tertiary alicyclic amines) is 1. The molecule has 126 valence electrons. The highest BCUT2D eigenvalue weighted by atomic mass is 35.5. The smallest absolute Gasteiger partial charge is 0.310 e. The van der Waals surface area contributed by atoms with E-state index in [9.17, 15) is 9.59 Å². The molecule has 1 aromatic carbocycles. The maximum atomic E-state index is 12.3. The van der Waals surface area contributed by atoms with Crippen LogP contribution in [0.15, 0.2) is 29.2 Å². The van der Waals surface area contributed by atoms with Crippen LogP contribution in [0, 0.1) is 5.92 Å². The molecule has 1 aromatic rings. The molecule has 1 atom stereocenters. The SMILES string of the molecule is CCOC(=O)[C@H]1CCCN(C(=O)CCSc2ccc(Cl)cc2)C1. The lowest BCUT2D eigenvalue weighted by Crippen LogP contribution is -2.42. The van der Waals surface area contributed by atoms with E-state index >= 15 is 0 Å². The fraction of sp³-hybridized carbons (Fsp3) is 0.529. The summed E-state index contributed by atoms with van der Waals surface area (Å²) >= 11 is 7.49. The Labute approximate surface area is 146 Å². The van der Waals surface area contributed by atoms with E-state index in [1.54, 1.807) is 23.6 Å². The largest absolute Gasteiger partial charge is 0.466 e. The van der Waals surface area contributed by atoms with Gasteiger partial charge in [0.15, 0.2) is 0 Å². The maximum absolute atomic E-state index is 12.3. The Bertz CT molecular complexity index is 535. The molecular weight excluding hydrogens is 334 g/mol. The van der Waals surface area contributed by atoms with Gasteiger partial charge in [-0.25, -0.2) is 0 Å². The molecule has 2 rings (SSSR count). The van der Waals surface area contributed by atoms with E-state index in [4.69, 9.17) is 16.3 Å². The van der Waals surface area contributed by atoms with Gasteiger partial charge in [0.25, 0.3) is 0 Å². The second kappa shape index (κ2) is 9.18. The molecule has 4 nitrogen and oxygen atoms in total. The van der Waals surface area contributed by atoms with Crippen molar-refractivity contribution in [1.29, 1.82) is 0 Å². The monoisotopic (exact) mass is 355 g/mol. The third-order valence-electron chi connectivity index (χ3n) is 3.79. The molecule has 0 spiro atoms. The van der Waals surface area contributed by atoms with Gasteiger partial charge in [0.2, 0.25) is 5.91 Å². The molecule has 23 heavy (non-hydrogen) atoms. The van der Waals surface area contributed by atoms with Crippen molar-refractivity contribution in [2.45, 2.75) is 31.1 Å². The number of ether oxygens (including phenoxy) is 1. The Morgan fingerprint density at radius 3 is 2.78 bits per heavy atom. The Hall–Kier alpha value is -1.20. The molecule has 1 saturated heterocycles. The third kappa shape index (κ3) is 5.74. The minimum Gasteiger partial charge on any atom is -0.466 e. The highest BCUT2D eigenvalue weighted by Crippen LogP contribution is 2.23. The summed E-state index contributed by atoms with van der Waals surface area (Å²) < 4.78 is 5.07. The number of hydrogen-bond acceptors (Lipinski definition) is 4. The first-order chi connectivity index (χ1) is 11.1. The molecule has 1 heterocycles. The van der Waals surface area contributed by atoms with Crippen LogP contribution in [0.4, 0.5) is 0 Å². The molecule has 0 unspecified atom stereocenters. The quantitative estimate of drug-likeness (QED) is 0.577. The Kier molecular flexibility index (Phi) is 7.24. The number of carbonyl (C=O) groups is 2. The fourth-order valence-corrected chi connectivity index (χ4v) is 3.57. The molecule has 6 heteroatoms. The van der Waals surface area contributed by atoms with E-state index in [2.05, 4.69) is 0 Å². The van der Waals surface area contributed by atoms with Gasteiger partial charge in [0.1, 0.15) is 0 Å². The summed E-state index contributed by atoms with van der Waals surface area (Å²) in [5, 5.41) is 0.712. The van der Waals surface area contributed by atoms with E-state index in [-0.39, 0.29) is 17.8 Å². The molecule has 0 aromatic heterocycles. The van der Waals surface area contributed by atoms with Gasteiger partial charge in [-0.15, -0.1) is 11.8 Å². The van der Waals surface area contributed by atoms with Crippen LogP contribution in [0.25, 0.3) is 0 Å². The molecular formula is C17H22ClNO3S. The van der Waals surface area contributed by atoms with Gasteiger partial charge < -0.3 is 9.64 Å². The summed E-state index contributed by atoms with van der Waals surface area (Å²) in [5.74, 6) is 0.485. The second-order valence-corrected chi connectivity index (χ2v) is 7.09. The number of benzene rings is 1. The first-order valence-electron chi connectivity index (χ1n) is 7.93. The van der Waals surface area contributed by atoms with Crippen LogP contribution in [0.3, 0.4) is 0 Å². The maximum Gasteiger partial charge on any atom is 0.310 e. The fourth-order valence-electron chi connectivity index (χ4n) is 2.60. The summed E-state index contributed by atoms with van der Waals surface area (Å²) in [5.41, 5.74) is 0. The number of amides is 1. The normalized spacial score (nSPS) is 17.8. The second-order valence-electron chi connectivity index (χ2n) is 5.48. The average Bonchev–Trinajstić information content (AvgIpc) is 2.57. The number of rotatable bonds is 6. The first-order valence-corrected chi connectivity index (χ1v) is 9.29. The number of carbonyl (C=O) groups excluding carboxylic acids is 2. The minimum absolute atomic E-state index is 0.112. The highest BCUT2D eigenvalue weighted by molar-refractivity contribution is 7.99. The van der Waals surface area contributed by atoms with Crippen molar-refractivity contribution in [2.75, 3.05) is 25.4 Å². The molecule has 0 saturated carbocycles. The van der Waals surface area contributed by atoms with Crippen LogP contribution in [-0.2, 0) is 14.3 Å². The van der Waals surface area contributed by atoms with Crippen molar-refractivity contribution >= 4 is 35.2 Å². The van der Waals surface area contributed by atoms with Gasteiger partial charge in [-0.05, 0) is 44.0 Å². The van der Waals surface area contributed by atoms with Gasteiger partial charge in [0.05, 0.1) is 12.5 Å². The van der Waals surface area contributed by atoms with Gasteiger partial charge >= 0.3 is 5.97 Å². The predicted molar refractivity (Wildman–Crippen MR) is 92.7 cm³/mol. The predicted octanol–water partition coefficient (Wildman–Crippen LogP) is 3.62. The lowest BCUT2D eigenvalue weighted by Gasteiger charge is -2.31. The van der Waals surface area contributed by atoms with E-state index in [1.165, 1.54) is 0 Å². The number of piperidine rings is 1. The summed E-state index contributed by atoms with van der Waals surface area (Å²) in [6, 6.07) is 7.60. The zero-order chi connectivity index (χ0) is 16.7. The molecule has 0 radical (unpaired) electrons. The Balaban J connectivity index is 1.76. The average molecular weight is 356 g/mol. The van der Waals surface area contributed by atoms with Crippen molar-refractivity contribution in [3.63, 3.8) is 0 Å². The van der Waals surface area contributed by atoms with E-state index in [0.29, 0.717) is 24.6 Å². The molecule has 1 aliphatic heterocycles. The molecule has 0 aliphatic carbocycles. The summed E-state index contributed by atoms with van der Waals surface area (Å²) in [6.45, 7) is 3.42. The van der Waals surface area contributed by atoms with Crippen LogP contribution in [0.1, 0.15) is 26.2 Å². The van der Waals surface area contributed by atoms with E-state index in [0.717, 1.165) is 30.0 Å². The first kappa shape index (κ1) is 18.1. The topological polar surface area (TPSA) is 46.6 Å². The van der Waals surface area contributed by atoms with Gasteiger partial charge in [-0.1, -0.05) is 11.6 Å². The number of nitrogens with zero attached hydrogens (tertiary/aromatic N) is 1. The van der Waals surface area contributed by atoms with Crippen LogP contribution >= 0.6 is 23.4 Å². The van der Waals surface area contributed by atoms with Gasteiger partial charge in [0, 0.05) is 35.2 Å². The third-order valence-corrected chi connectivity index (χ3v) is 5.06. The number of esters is 1. The van der Waals surface area contributed by atoms with Crippen molar-refractivity contribution in [2.24, 2.45) is 5.92 Å². The van der Waals surface area contributed by atoms with Crippen molar-refractivity contribution in [1.82, 2.24) is 4.90 Å². The van der Waals surface area contributed by atoms with Crippen molar-refractivity contribution < 1.29 is 14.3 Å². The van der Waals surface area contributed by atoms with Crippen LogP contribution in [-0.4, -0.2) is 42.2 Å². The van der Waals surface area contributed by atoms with Gasteiger partial charge in [-0.3, -0.25) is 9.59 Å². The number of thioether (sulfide) groups is 1. The van der Waals surface area contributed by atoms with Crippen LogP contribution in [0.5, 0.6) is 0 Å². The standard InChI is InChI=1S/C17H22ClNO3S/c1-2-22-17(21)13-4-3-10-19(12-13)16(20)9-11-23-15-7-5-14(18)6-8-15/h5-8,13H,2-4,9-12H2,1H3/t13-/m0/s1. The van der Waals surface area contributed by atoms with Gasteiger partial charge in [-0.2, -0.15) is 0 Å². The molecule has 1 amide bonds. The minimum atomic E-state index is -0.180. The zero-order valence-electron chi connectivity index (χ0n) is 13.3. The highest BCUT2D eigenvalue weighted by Gasteiger charge is 2.28. The lowest BCUT2D eigenvalue weighted by atomic mass is 9.98. The summed E-state index contributed by atoms with van der Waals surface area (Å²) in [6.07, 6.45) is 2.14. The molecule has 1 fully saturated rings. The van der Waals surface area contributed by atoms with Crippen LogP contribution in [0.2, 0.25) is 5.02 Å². The molecule has 0 N–H and O–H groups in total. The molecule has 0 bridgehead atoms. The van der Waals surface area contributed by atoms with Crippen molar-refractivity contribution in [3.05, 3.63) is 29.3 Å². The summed E-state index contributed by atoms with van der Waals surface area (Å²) in [4.78, 5) is 27.0. The van der Waals surface area contributed by atoms with Crippen LogP contribution < -0.4 is 0 Å². The zero-order valence-corrected chi connectivity index (χ0v) is 14.9. The number of hydrogen-bond donors (Lipinski definition) is 0. The Morgan fingerprint density at radius 2 is 2.09 bits per heavy atom. The molecule has 1 aliphatic rings. The summed E-state index contributed by atoms with van der Waals surface area (Å²) in [7, 11) is 0. The lowest BCUT2D eigenvalue weighted by molar-refractivity contribution is -0.151. The van der Waals surface area contributed by atoms with Crippen molar-refractivity contribution in [3.8, 4) is 0 Å².